The second-order valence-electron chi connectivity index (χ2n) is 6.90. The maximum atomic E-state index is 12.6. The van der Waals surface area contributed by atoms with Crippen LogP contribution in [0.2, 0.25) is 0 Å². The molecule has 2 heterocycles. The molecule has 2 N–H and O–H groups in total. The number of amides is 1. The van der Waals surface area contributed by atoms with E-state index in [1.807, 2.05) is 42.5 Å². The lowest BCUT2D eigenvalue weighted by Crippen LogP contribution is -2.31. The molecule has 1 aromatic heterocycles. The minimum absolute atomic E-state index is 0.161. The number of H-pyrrole nitrogens is 1. The second-order valence-corrected chi connectivity index (χ2v) is 6.90. The highest BCUT2D eigenvalue weighted by molar-refractivity contribution is 5.94. The van der Waals surface area contributed by atoms with E-state index in [-0.39, 0.29) is 17.9 Å². The second kappa shape index (κ2) is 7.79. The first-order chi connectivity index (χ1) is 14.0. The minimum atomic E-state index is -0.410. The normalized spacial score (nSPS) is 15.4. The van der Waals surface area contributed by atoms with Crippen LogP contribution in [0.1, 0.15) is 34.9 Å². The topological polar surface area (TPSA) is 93.3 Å². The molecule has 148 valence electrons. The van der Waals surface area contributed by atoms with Crippen molar-refractivity contribution in [1.29, 1.82) is 0 Å². The van der Waals surface area contributed by atoms with Crippen molar-refractivity contribution in [2.75, 3.05) is 12.4 Å². The Morgan fingerprint density at radius 2 is 1.90 bits per heavy atom. The number of aryl methyl sites for hydroxylation is 1. The molecule has 1 atom stereocenters. The van der Waals surface area contributed by atoms with E-state index in [0.717, 1.165) is 11.1 Å². The molecule has 0 spiro atoms. The first kappa shape index (κ1) is 18.7. The Kier molecular flexibility index (Phi) is 5.03. The number of anilines is 1. The van der Waals surface area contributed by atoms with Crippen molar-refractivity contribution in [1.82, 2.24) is 9.97 Å². The number of hydrogen-bond donors (Lipinski definition) is 2. The van der Waals surface area contributed by atoms with Crippen molar-refractivity contribution in [3.63, 3.8) is 0 Å². The molecule has 7 nitrogen and oxygen atoms in total. The quantitative estimate of drug-likeness (QED) is 0.697. The fourth-order valence-electron chi connectivity index (χ4n) is 3.52. The third-order valence-electron chi connectivity index (χ3n) is 4.90. The van der Waals surface area contributed by atoms with Crippen LogP contribution in [0.5, 0.6) is 11.5 Å². The van der Waals surface area contributed by atoms with E-state index in [1.165, 1.54) is 0 Å². The Hall–Kier alpha value is -3.61. The number of benzene rings is 2. The van der Waals surface area contributed by atoms with E-state index in [9.17, 15) is 9.59 Å². The van der Waals surface area contributed by atoms with Gasteiger partial charge in [0.05, 0.1) is 12.7 Å². The van der Waals surface area contributed by atoms with Gasteiger partial charge < -0.3 is 19.8 Å². The third-order valence-corrected chi connectivity index (χ3v) is 4.90. The van der Waals surface area contributed by atoms with Gasteiger partial charge in [0.1, 0.15) is 18.2 Å². The van der Waals surface area contributed by atoms with Gasteiger partial charge in [-0.1, -0.05) is 36.4 Å². The van der Waals surface area contributed by atoms with E-state index in [2.05, 4.69) is 15.3 Å². The lowest BCUT2D eigenvalue weighted by molar-refractivity contribution is -0.116. The molecule has 3 aromatic rings. The van der Waals surface area contributed by atoms with E-state index in [1.54, 1.807) is 20.1 Å². The van der Waals surface area contributed by atoms with Gasteiger partial charge in [-0.3, -0.25) is 9.59 Å². The summed E-state index contributed by atoms with van der Waals surface area (Å²) in [5.74, 6) is 1.32. The molecule has 7 heteroatoms. The number of carbonyl (C=O) groups excluding carboxylic acids is 1. The molecule has 2 aromatic carbocycles. The molecule has 1 amide bonds. The molecule has 1 unspecified atom stereocenters. The summed E-state index contributed by atoms with van der Waals surface area (Å²) in [5, 5.41) is 2.69. The summed E-state index contributed by atoms with van der Waals surface area (Å²) in [5.41, 5.74) is 2.04. The summed E-state index contributed by atoms with van der Waals surface area (Å²) in [4.78, 5) is 31.7. The molecule has 0 aliphatic carbocycles. The SMILES string of the molecule is COc1cc(C2CC(=O)Nc3nc(C)[nH]c(=O)c32)ccc1OCc1ccccc1. The molecular formula is C22H21N3O4. The number of aromatic nitrogens is 2. The number of hydrogen-bond acceptors (Lipinski definition) is 5. The van der Waals surface area contributed by atoms with Gasteiger partial charge in [0, 0.05) is 12.3 Å². The zero-order valence-corrected chi connectivity index (χ0v) is 16.2. The van der Waals surface area contributed by atoms with Crippen LogP contribution in [0.3, 0.4) is 0 Å². The van der Waals surface area contributed by atoms with Crippen molar-refractivity contribution < 1.29 is 14.3 Å². The Labute approximate surface area is 167 Å². The van der Waals surface area contributed by atoms with Crippen molar-refractivity contribution in [3.8, 4) is 11.5 Å². The van der Waals surface area contributed by atoms with Gasteiger partial charge in [0.15, 0.2) is 11.5 Å². The molecule has 1 aliphatic heterocycles. The Morgan fingerprint density at radius 1 is 1.10 bits per heavy atom. The predicted molar refractivity (Wildman–Crippen MR) is 108 cm³/mol. The van der Waals surface area contributed by atoms with Crippen LogP contribution in [0, 0.1) is 6.92 Å². The maximum absolute atomic E-state index is 12.6. The van der Waals surface area contributed by atoms with Crippen LogP contribution in [0.15, 0.2) is 53.3 Å². The number of rotatable bonds is 5. The molecule has 0 bridgehead atoms. The van der Waals surface area contributed by atoms with Gasteiger partial charge >= 0.3 is 0 Å². The minimum Gasteiger partial charge on any atom is -0.493 e. The molecule has 0 radical (unpaired) electrons. The summed E-state index contributed by atoms with van der Waals surface area (Å²) >= 11 is 0. The summed E-state index contributed by atoms with van der Waals surface area (Å²) in [6, 6.07) is 15.3. The zero-order valence-electron chi connectivity index (χ0n) is 16.2. The number of fused-ring (bicyclic) bond motifs is 1. The highest BCUT2D eigenvalue weighted by atomic mass is 16.5. The number of nitrogens with one attached hydrogen (secondary N) is 2. The molecule has 29 heavy (non-hydrogen) atoms. The fraction of sp³-hybridized carbons (Fsp3) is 0.227. The van der Waals surface area contributed by atoms with E-state index < -0.39 is 5.92 Å². The monoisotopic (exact) mass is 391 g/mol. The lowest BCUT2D eigenvalue weighted by Gasteiger charge is -2.25. The Balaban J connectivity index is 1.66. The standard InChI is InChI=1S/C22H21N3O4/c1-13-23-21-20(22(27)24-13)16(11-19(26)25-21)15-8-9-17(18(10-15)28-2)29-12-14-6-4-3-5-7-14/h3-10,16H,11-12H2,1-2H3,(H2,23,24,25,26,27). The lowest BCUT2D eigenvalue weighted by atomic mass is 9.86. The van der Waals surface area contributed by atoms with Crippen molar-refractivity contribution in [3.05, 3.63) is 81.4 Å². The van der Waals surface area contributed by atoms with E-state index in [0.29, 0.717) is 35.3 Å². The average Bonchev–Trinajstić information content (AvgIpc) is 2.71. The summed E-state index contributed by atoms with van der Waals surface area (Å²) < 4.78 is 11.4. The summed E-state index contributed by atoms with van der Waals surface area (Å²) in [6.45, 7) is 2.09. The number of carbonyl (C=O) groups is 1. The molecule has 1 aliphatic rings. The number of nitrogens with zero attached hydrogens (tertiary/aromatic N) is 1. The fourth-order valence-corrected chi connectivity index (χ4v) is 3.52. The van der Waals surface area contributed by atoms with Gasteiger partial charge in [-0.15, -0.1) is 0 Å². The Bertz CT molecular complexity index is 1110. The largest absolute Gasteiger partial charge is 0.493 e. The summed E-state index contributed by atoms with van der Waals surface area (Å²) in [7, 11) is 1.56. The molecule has 0 saturated heterocycles. The zero-order chi connectivity index (χ0) is 20.4. The van der Waals surface area contributed by atoms with Crippen LogP contribution in [0.25, 0.3) is 0 Å². The number of ether oxygens (including phenoxy) is 2. The first-order valence-electron chi connectivity index (χ1n) is 9.30. The maximum Gasteiger partial charge on any atom is 0.256 e. The van der Waals surface area contributed by atoms with Crippen molar-refractivity contribution >= 4 is 11.7 Å². The van der Waals surface area contributed by atoms with Crippen molar-refractivity contribution in [2.24, 2.45) is 0 Å². The van der Waals surface area contributed by atoms with Crippen LogP contribution in [0.4, 0.5) is 5.82 Å². The van der Waals surface area contributed by atoms with Crippen LogP contribution in [-0.4, -0.2) is 23.0 Å². The van der Waals surface area contributed by atoms with Gasteiger partial charge in [0.2, 0.25) is 5.91 Å². The van der Waals surface area contributed by atoms with Crippen LogP contribution >= 0.6 is 0 Å². The van der Waals surface area contributed by atoms with E-state index >= 15 is 0 Å². The van der Waals surface area contributed by atoms with Gasteiger partial charge in [-0.25, -0.2) is 4.98 Å². The number of aromatic amines is 1. The Morgan fingerprint density at radius 3 is 2.66 bits per heavy atom. The summed E-state index contributed by atoms with van der Waals surface area (Å²) in [6.07, 6.45) is 0.161. The van der Waals surface area contributed by atoms with Gasteiger partial charge in [-0.05, 0) is 30.2 Å². The molecule has 0 fully saturated rings. The van der Waals surface area contributed by atoms with Gasteiger partial charge in [0.25, 0.3) is 5.56 Å². The van der Waals surface area contributed by atoms with E-state index in [4.69, 9.17) is 9.47 Å². The number of methoxy groups -OCH3 is 1. The van der Waals surface area contributed by atoms with Crippen LogP contribution < -0.4 is 20.3 Å². The highest BCUT2D eigenvalue weighted by Gasteiger charge is 2.31. The smallest absolute Gasteiger partial charge is 0.256 e. The first-order valence-corrected chi connectivity index (χ1v) is 9.30. The molecular weight excluding hydrogens is 370 g/mol. The van der Waals surface area contributed by atoms with Gasteiger partial charge in [-0.2, -0.15) is 0 Å². The highest BCUT2D eigenvalue weighted by Crippen LogP contribution is 2.38. The molecule has 0 saturated carbocycles. The molecule has 4 rings (SSSR count). The van der Waals surface area contributed by atoms with Crippen LogP contribution in [-0.2, 0) is 11.4 Å². The van der Waals surface area contributed by atoms with Crippen molar-refractivity contribution in [2.45, 2.75) is 25.9 Å². The predicted octanol–water partition coefficient (Wildman–Crippen LogP) is 3.14. The average molecular weight is 391 g/mol. The third kappa shape index (κ3) is 3.85.